The van der Waals surface area contributed by atoms with E-state index in [1.807, 2.05) is 204 Å². The molecule has 0 aromatic heterocycles. The van der Waals surface area contributed by atoms with Gasteiger partial charge in [-0.2, -0.15) is 4.99 Å². The molecule has 1 heterocycles. The second kappa shape index (κ2) is 25.5. The van der Waals surface area contributed by atoms with E-state index in [0.29, 0.717) is 18.0 Å². The molecular weight excluding hydrogens is 881 g/mol. The number of amides is 3. The average Bonchev–Trinajstić information content (AvgIpc) is 3.86. The minimum Gasteiger partial charge on any atom is -0.469 e. The smallest absolute Gasteiger partial charge is 0.347 e. The number of hydrogen-bond donors (Lipinski definition) is 1. The summed E-state index contributed by atoms with van der Waals surface area (Å²) in [5, 5.41) is 3.03. The lowest BCUT2D eigenvalue weighted by Crippen LogP contribution is -2.35. The zero-order chi connectivity index (χ0) is 49.0. The van der Waals surface area contributed by atoms with E-state index in [1.165, 1.54) is 4.90 Å². The highest BCUT2D eigenvalue weighted by molar-refractivity contribution is 7.91. The van der Waals surface area contributed by atoms with Crippen LogP contribution in [0.4, 0.5) is 4.79 Å². The molecule has 7 aromatic carbocycles. The van der Waals surface area contributed by atoms with Gasteiger partial charge in [0.05, 0.1) is 10.6 Å². The first-order valence-electron chi connectivity index (χ1n) is 23.2. The van der Waals surface area contributed by atoms with Crippen LogP contribution in [0, 0.1) is 13.8 Å². The van der Waals surface area contributed by atoms with Crippen LogP contribution in [-0.4, -0.2) is 55.4 Å². The second-order valence-corrected chi connectivity index (χ2v) is 18.2. The molecule has 0 spiro atoms. The number of rotatable bonds is 14. The monoisotopic (exact) mass is 940 g/mol. The molecule has 69 heavy (non-hydrogen) atoms. The Labute approximate surface area is 407 Å². The molecule has 0 radical (unpaired) electrons. The van der Waals surface area contributed by atoms with Crippen LogP contribution in [0.3, 0.4) is 0 Å². The van der Waals surface area contributed by atoms with Gasteiger partial charge in [0.15, 0.2) is 22.0 Å². The highest BCUT2D eigenvalue weighted by atomic mass is 32.2. The number of benzene rings is 7. The van der Waals surface area contributed by atoms with Crippen LogP contribution in [0.15, 0.2) is 215 Å². The normalized spacial score (nSPS) is 14.6. The van der Waals surface area contributed by atoms with Gasteiger partial charge >= 0.3 is 6.03 Å². The van der Waals surface area contributed by atoms with Crippen molar-refractivity contribution in [3.63, 3.8) is 0 Å². The van der Waals surface area contributed by atoms with Gasteiger partial charge in [-0.1, -0.05) is 178 Å². The number of carbonyl (C=O) groups is 2. The Balaban J connectivity index is 0.000000230. The van der Waals surface area contributed by atoms with Crippen molar-refractivity contribution in [2.45, 2.75) is 70.9 Å². The van der Waals surface area contributed by atoms with Crippen LogP contribution >= 0.6 is 0 Å². The number of sulfone groups is 1. The summed E-state index contributed by atoms with van der Waals surface area (Å²) in [5.74, 6) is 0.317. The lowest BCUT2D eigenvalue weighted by molar-refractivity contribution is -0.123. The molecule has 0 fully saturated rings. The molecule has 0 saturated heterocycles. The van der Waals surface area contributed by atoms with E-state index in [4.69, 9.17) is 9.47 Å². The molecule has 2 unspecified atom stereocenters. The largest absolute Gasteiger partial charge is 0.469 e. The fraction of sp³-hybridized carbons (Fsp3) is 0.207. The van der Waals surface area contributed by atoms with Crippen LogP contribution in [0.5, 0.6) is 0 Å². The fourth-order valence-corrected chi connectivity index (χ4v) is 8.65. The molecule has 11 heteroatoms. The molecule has 354 valence electrons. The molecule has 0 bridgehead atoms. The van der Waals surface area contributed by atoms with Crippen LogP contribution in [0.1, 0.15) is 77.5 Å². The zero-order valence-corrected chi connectivity index (χ0v) is 40.6. The minimum absolute atomic E-state index is 0.0236. The number of nitrogens with zero attached hydrogens (tertiary/aromatic N) is 3. The minimum atomic E-state index is -3.60. The van der Waals surface area contributed by atoms with Gasteiger partial charge < -0.3 is 19.7 Å². The maximum atomic E-state index is 13.7. The van der Waals surface area contributed by atoms with Gasteiger partial charge in [-0.05, 0) is 90.6 Å². The maximum Gasteiger partial charge on any atom is 0.347 e. The quantitative estimate of drug-likeness (QED) is 0.0854. The molecule has 3 atom stereocenters. The van der Waals surface area contributed by atoms with Gasteiger partial charge in [0.1, 0.15) is 6.10 Å². The Bertz CT molecular complexity index is 2880. The summed E-state index contributed by atoms with van der Waals surface area (Å²) in [6.07, 6.45) is -0.797. The standard InChI is InChI=1S/C32H32N2O4S.C24H22N2O2.C2H6/c1-25-14-12-13-19-29(25)24-34(22-23-39(36,37)30-20-10-5-11-21-30)32(35)33-31(28-17-8-4-9-18-28)38-26(2)27-15-6-3-7-16-27;1-17-10-8-9-15-20(17)16-25-23(27)21-22(18-11-4-2-5-12-18)28-24(26-21)19-13-6-3-7-14-19;1-2/h3-21,26H,22-24H2,1-2H3;2-15,21-22H,16H2,1H3,(H,25,27);1-2H3/b33-31-;;/t;21-,22?;/m.0./s1. The van der Waals surface area contributed by atoms with Crippen molar-refractivity contribution >= 4 is 33.6 Å². The van der Waals surface area contributed by atoms with Gasteiger partial charge in [0.25, 0.3) is 0 Å². The first-order valence-corrected chi connectivity index (χ1v) is 24.8. The third kappa shape index (κ3) is 14.4. The molecule has 0 saturated carbocycles. The summed E-state index contributed by atoms with van der Waals surface area (Å²) in [7, 11) is -3.60. The van der Waals surface area contributed by atoms with Crippen molar-refractivity contribution in [2.75, 3.05) is 12.3 Å². The molecule has 3 amide bonds. The number of carbonyl (C=O) groups excluding carboxylic acids is 2. The number of aliphatic imine (C=N–C) groups is 2. The SMILES string of the molecule is CC.Cc1ccccc1CN(CCS(=O)(=O)c1ccccc1)C(=O)/N=C(\OC(C)c1ccccc1)c1ccccc1.Cc1ccccc1CNC(=O)[C@H]1N=C(c2ccccc2)OC1c1ccccc1. The van der Waals surface area contributed by atoms with Gasteiger partial charge in [0.2, 0.25) is 17.7 Å². The third-order valence-corrected chi connectivity index (χ3v) is 13.0. The predicted molar refractivity (Wildman–Crippen MR) is 276 cm³/mol. The molecule has 7 aromatic rings. The van der Waals surface area contributed by atoms with Crippen molar-refractivity contribution in [2.24, 2.45) is 9.98 Å². The number of hydrogen-bond acceptors (Lipinski definition) is 7. The Morgan fingerprint density at radius 1 is 0.681 bits per heavy atom. The summed E-state index contributed by atoms with van der Waals surface area (Å²) >= 11 is 0. The highest BCUT2D eigenvalue weighted by Crippen LogP contribution is 2.31. The van der Waals surface area contributed by atoms with Crippen molar-refractivity contribution in [1.82, 2.24) is 10.2 Å². The van der Waals surface area contributed by atoms with Crippen molar-refractivity contribution in [1.29, 1.82) is 0 Å². The number of urea groups is 1. The predicted octanol–water partition coefficient (Wildman–Crippen LogP) is 11.8. The Kier molecular flexibility index (Phi) is 18.8. The van der Waals surface area contributed by atoms with Crippen LogP contribution < -0.4 is 5.32 Å². The Morgan fingerprint density at radius 2 is 1.19 bits per heavy atom. The summed E-state index contributed by atoms with van der Waals surface area (Å²) in [6.45, 7) is 10.6. The fourth-order valence-electron chi connectivity index (χ4n) is 7.39. The Hall–Kier alpha value is -7.63. The number of aryl methyl sites for hydroxylation is 2. The highest BCUT2D eigenvalue weighted by Gasteiger charge is 2.38. The number of nitrogens with one attached hydrogen (secondary N) is 1. The van der Waals surface area contributed by atoms with Gasteiger partial charge in [-0.3, -0.25) is 4.79 Å². The van der Waals surface area contributed by atoms with Crippen molar-refractivity contribution in [3.8, 4) is 0 Å². The van der Waals surface area contributed by atoms with Crippen LogP contribution in [0.2, 0.25) is 0 Å². The summed E-state index contributed by atoms with van der Waals surface area (Å²) in [6, 6.07) is 61.2. The van der Waals surface area contributed by atoms with E-state index in [1.54, 1.807) is 30.3 Å². The third-order valence-electron chi connectivity index (χ3n) is 11.3. The molecule has 1 aliphatic rings. The van der Waals surface area contributed by atoms with E-state index >= 15 is 0 Å². The van der Waals surface area contributed by atoms with E-state index < -0.39 is 28.0 Å². The topological polar surface area (TPSA) is 127 Å². The molecule has 8 rings (SSSR count). The lowest BCUT2D eigenvalue weighted by atomic mass is 10.0. The summed E-state index contributed by atoms with van der Waals surface area (Å²) < 4.78 is 38.4. The van der Waals surface area contributed by atoms with Gasteiger partial charge in [-0.25, -0.2) is 18.2 Å². The van der Waals surface area contributed by atoms with E-state index in [9.17, 15) is 18.0 Å². The molecule has 1 aliphatic heterocycles. The average molecular weight is 941 g/mol. The van der Waals surface area contributed by atoms with Crippen molar-refractivity contribution < 1.29 is 27.5 Å². The molecule has 0 aliphatic carbocycles. The number of ether oxygens (including phenoxy) is 2. The Morgan fingerprint density at radius 3 is 1.78 bits per heavy atom. The summed E-state index contributed by atoms with van der Waals surface area (Å²) in [4.78, 5) is 37.4. The first kappa shape index (κ1) is 50.8. The van der Waals surface area contributed by atoms with Gasteiger partial charge in [0, 0.05) is 30.8 Å². The van der Waals surface area contributed by atoms with E-state index in [0.717, 1.165) is 38.9 Å². The first-order chi connectivity index (χ1) is 33.6. The lowest BCUT2D eigenvalue weighted by Gasteiger charge is -2.23. The van der Waals surface area contributed by atoms with E-state index in [-0.39, 0.29) is 41.6 Å². The van der Waals surface area contributed by atoms with Gasteiger partial charge in [-0.15, -0.1) is 0 Å². The molecule has 10 nitrogen and oxygen atoms in total. The van der Waals surface area contributed by atoms with Crippen molar-refractivity contribution in [3.05, 3.63) is 245 Å². The molecular formula is C58H60N4O6S. The van der Waals surface area contributed by atoms with Crippen LogP contribution in [0.25, 0.3) is 0 Å². The van der Waals surface area contributed by atoms with Crippen LogP contribution in [-0.2, 0) is 37.2 Å². The summed E-state index contributed by atoms with van der Waals surface area (Å²) in [5.41, 5.74) is 7.57. The maximum absolute atomic E-state index is 13.7. The second-order valence-electron chi connectivity index (χ2n) is 16.1. The van der Waals surface area contributed by atoms with E-state index in [2.05, 4.69) is 15.3 Å². The molecule has 1 N–H and O–H groups in total. The zero-order valence-electron chi connectivity index (χ0n) is 39.8.